The number of carbonyl (C=O) groups is 2. The molecule has 0 aromatic carbocycles. The number of hydrogen-bond donors (Lipinski definition) is 2. The summed E-state index contributed by atoms with van der Waals surface area (Å²) in [7, 11) is 0. The molecule has 0 radical (unpaired) electrons. The van der Waals surface area contributed by atoms with Crippen LogP contribution in [0.4, 0.5) is 4.79 Å². The Morgan fingerprint density at radius 3 is 2.65 bits per heavy atom. The van der Waals surface area contributed by atoms with Gasteiger partial charge in [0.1, 0.15) is 5.60 Å². The predicted molar refractivity (Wildman–Crippen MR) is 72.4 cm³/mol. The fraction of sp³-hybridized carbons (Fsp3) is 0.571. The zero-order valence-corrected chi connectivity index (χ0v) is 12.0. The normalized spacial score (nSPS) is 12.8. The van der Waals surface area contributed by atoms with Crippen LogP contribution in [0.1, 0.15) is 39.2 Å². The van der Waals surface area contributed by atoms with Crippen molar-refractivity contribution in [3.8, 4) is 0 Å². The SMILES string of the molecule is CC(C)(C)OC(=O)NC(CCC(=O)O)Cc1ccoc1. The minimum Gasteiger partial charge on any atom is -0.481 e. The van der Waals surface area contributed by atoms with Crippen LogP contribution in [-0.4, -0.2) is 28.8 Å². The lowest BCUT2D eigenvalue weighted by Gasteiger charge is -2.23. The first-order valence-electron chi connectivity index (χ1n) is 6.48. The van der Waals surface area contributed by atoms with E-state index in [2.05, 4.69) is 5.32 Å². The zero-order chi connectivity index (χ0) is 15.2. The Balaban J connectivity index is 2.57. The summed E-state index contributed by atoms with van der Waals surface area (Å²) in [6.07, 6.45) is 3.39. The van der Waals surface area contributed by atoms with Crippen molar-refractivity contribution in [1.82, 2.24) is 5.32 Å². The van der Waals surface area contributed by atoms with Crippen LogP contribution in [0.3, 0.4) is 0 Å². The zero-order valence-electron chi connectivity index (χ0n) is 12.0. The van der Waals surface area contributed by atoms with Gasteiger partial charge in [0.2, 0.25) is 0 Å². The minimum absolute atomic E-state index is 0.0156. The minimum atomic E-state index is -0.895. The van der Waals surface area contributed by atoms with E-state index >= 15 is 0 Å². The fourth-order valence-electron chi connectivity index (χ4n) is 1.69. The van der Waals surface area contributed by atoms with E-state index in [4.69, 9.17) is 14.3 Å². The highest BCUT2D eigenvalue weighted by molar-refractivity contribution is 5.69. The van der Waals surface area contributed by atoms with Crippen LogP contribution in [0.15, 0.2) is 23.0 Å². The molecule has 6 nitrogen and oxygen atoms in total. The largest absolute Gasteiger partial charge is 0.481 e. The molecule has 20 heavy (non-hydrogen) atoms. The third kappa shape index (κ3) is 6.82. The third-order valence-electron chi connectivity index (χ3n) is 2.49. The van der Waals surface area contributed by atoms with Gasteiger partial charge in [-0.3, -0.25) is 4.79 Å². The summed E-state index contributed by atoms with van der Waals surface area (Å²) in [6.45, 7) is 5.32. The Labute approximate surface area is 118 Å². The van der Waals surface area contributed by atoms with Crippen LogP contribution < -0.4 is 5.32 Å². The number of amides is 1. The van der Waals surface area contributed by atoms with Crippen molar-refractivity contribution >= 4 is 12.1 Å². The maximum absolute atomic E-state index is 11.7. The van der Waals surface area contributed by atoms with Crippen LogP contribution >= 0.6 is 0 Å². The molecule has 1 amide bonds. The number of nitrogens with one attached hydrogen (secondary N) is 1. The van der Waals surface area contributed by atoms with Gasteiger partial charge in [-0.15, -0.1) is 0 Å². The lowest BCUT2D eigenvalue weighted by molar-refractivity contribution is -0.137. The Bertz CT molecular complexity index is 433. The summed E-state index contributed by atoms with van der Waals surface area (Å²) < 4.78 is 10.1. The lowest BCUT2D eigenvalue weighted by atomic mass is 10.0. The van der Waals surface area contributed by atoms with Gasteiger partial charge in [-0.2, -0.15) is 0 Å². The molecule has 0 saturated carbocycles. The molecule has 1 rings (SSSR count). The Kier molecular flexibility index (Phi) is 5.61. The van der Waals surface area contributed by atoms with Crippen molar-refractivity contribution in [1.29, 1.82) is 0 Å². The summed E-state index contributed by atoms with van der Waals surface area (Å²) in [6, 6.07) is 1.48. The molecular formula is C14H21NO5. The second-order valence-corrected chi connectivity index (χ2v) is 5.61. The highest BCUT2D eigenvalue weighted by Crippen LogP contribution is 2.11. The van der Waals surface area contributed by atoms with Crippen LogP contribution in [0.25, 0.3) is 0 Å². The average molecular weight is 283 g/mol. The highest BCUT2D eigenvalue weighted by Gasteiger charge is 2.20. The van der Waals surface area contributed by atoms with Crippen molar-refractivity contribution in [2.45, 2.75) is 51.7 Å². The van der Waals surface area contributed by atoms with Gasteiger partial charge in [-0.1, -0.05) is 0 Å². The molecule has 1 aromatic heterocycles. The number of hydrogen-bond acceptors (Lipinski definition) is 4. The molecule has 0 aliphatic rings. The van der Waals surface area contributed by atoms with E-state index in [1.165, 1.54) is 6.26 Å². The molecule has 112 valence electrons. The quantitative estimate of drug-likeness (QED) is 0.837. The highest BCUT2D eigenvalue weighted by atomic mass is 16.6. The standard InChI is InChI=1S/C14H21NO5/c1-14(2,3)20-13(18)15-11(4-5-12(16)17)8-10-6-7-19-9-10/h6-7,9,11H,4-5,8H2,1-3H3,(H,15,18)(H,16,17). The number of rotatable bonds is 6. The van der Waals surface area contributed by atoms with Crippen LogP contribution in [-0.2, 0) is 16.0 Å². The van der Waals surface area contributed by atoms with Gasteiger partial charge in [0.05, 0.1) is 12.5 Å². The molecule has 2 N–H and O–H groups in total. The van der Waals surface area contributed by atoms with Crippen molar-refractivity contribution in [2.75, 3.05) is 0 Å². The summed E-state index contributed by atoms with van der Waals surface area (Å²) in [5.41, 5.74) is 0.313. The fourth-order valence-corrected chi connectivity index (χ4v) is 1.69. The predicted octanol–water partition coefficient (Wildman–Crippen LogP) is 2.58. The molecule has 0 aliphatic carbocycles. The molecule has 0 aliphatic heterocycles. The number of alkyl carbamates (subject to hydrolysis) is 1. The first-order chi connectivity index (χ1) is 9.26. The second-order valence-electron chi connectivity index (χ2n) is 5.61. The van der Waals surface area contributed by atoms with E-state index < -0.39 is 17.7 Å². The van der Waals surface area contributed by atoms with Gasteiger partial charge >= 0.3 is 12.1 Å². The van der Waals surface area contributed by atoms with Crippen molar-refractivity contribution in [3.63, 3.8) is 0 Å². The molecule has 0 bridgehead atoms. The summed E-state index contributed by atoms with van der Waals surface area (Å²) in [4.78, 5) is 22.4. The topological polar surface area (TPSA) is 88.8 Å². The van der Waals surface area contributed by atoms with Gasteiger partial charge in [-0.25, -0.2) is 4.79 Å². The third-order valence-corrected chi connectivity index (χ3v) is 2.49. The second kappa shape index (κ2) is 6.98. The van der Waals surface area contributed by atoms with Gasteiger partial charge in [0.15, 0.2) is 0 Å². The first kappa shape index (κ1) is 16.1. The van der Waals surface area contributed by atoms with E-state index in [0.717, 1.165) is 5.56 Å². The van der Waals surface area contributed by atoms with Crippen molar-refractivity contribution < 1.29 is 23.8 Å². The van der Waals surface area contributed by atoms with E-state index in [9.17, 15) is 9.59 Å². The number of carboxylic acid groups (broad SMARTS) is 1. The van der Waals surface area contributed by atoms with E-state index in [0.29, 0.717) is 12.8 Å². The van der Waals surface area contributed by atoms with Crippen molar-refractivity contribution in [3.05, 3.63) is 24.2 Å². The Hall–Kier alpha value is -1.98. The maximum atomic E-state index is 11.7. The van der Waals surface area contributed by atoms with Gasteiger partial charge in [0, 0.05) is 12.5 Å². The molecule has 0 fully saturated rings. The van der Waals surface area contributed by atoms with Crippen LogP contribution in [0.2, 0.25) is 0 Å². The summed E-state index contributed by atoms with van der Waals surface area (Å²) in [5.74, 6) is -0.895. The number of aliphatic carboxylic acids is 1. The first-order valence-corrected chi connectivity index (χ1v) is 6.48. The summed E-state index contributed by atoms with van der Waals surface area (Å²) >= 11 is 0. The Morgan fingerprint density at radius 2 is 2.15 bits per heavy atom. The van der Waals surface area contributed by atoms with Crippen LogP contribution in [0.5, 0.6) is 0 Å². The number of furan rings is 1. The van der Waals surface area contributed by atoms with Gasteiger partial charge < -0.3 is 19.6 Å². The van der Waals surface area contributed by atoms with Gasteiger partial charge in [0.25, 0.3) is 0 Å². The molecule has 1 atom stereocenters. The average Bonchev–Trinajstić information content (AvgIpc) is 2.75. The molecule has 0 saturated heterocycles. The van der Waals surface area contributed by atoms with E-state index in [1.807, 2.05) is 0 Å². The van der Waals surface area contributed by atoms with E-state index in [1.54, 1.807) is 33.1 Å². The molecular weight excluding hydrogens is 262 g/mol. The smallest absolute Gasteiger partial charge is 0.407 e. The van der Waals surface area contributed by atoms with E-state index in [-0.39, 0.29) is 12.5 Å². The van der Waals surface area contributed by atoms with Crippen molar-refractivity contribution in [2.24, 2.45) is 0 Å². The molecule has 0 spiro atoms. The number of carbonyl (C=O) groups excluding carboxylic acids is 1. The number of carboxylic acids is 1. The Morgan fingerprint density at radius 1 is 1.45 bits per heavy atom. The molecule has 1 heterocycles. The summed E-state index contributed by atoms with van der Waals surface area (Å²) in [5, 5.41) is 11.4. The van der Waals surface area contributed by atoms with Crippen LogP contribution in [0, 0.1) is 0 Å². The maximum Gasteiger partial charge on any atom is 0.407 e. The van der Waals surface area contributed by atoms with Gasteiger partial charge in [-0.05, 0) is 45.2 Å². The molecule has 6 heteroatoms. The monoisotopic (exact) mass is 283 g/mol. The lowest BCUT2D eigenvalue weighted by Crippen LogP contribution is -2.40. The molecule has 1 aromatic rings. The number of ether oxygens (including phenoxy) is 1. The molecule has 1 unspecified atom stereocenters.